The monoisotopic (exact) mass is 195 g/mol. The summed E-state index contributed by atoms with van der Waals surface area (Å²) in [6.45, 7) is 8.90. The van der Waals surface area contributed by atoms with Gasteiger partial charge >= 0.3 is 0 Å². The van der Waals surface area contributed by atoms with Crippen molar-refractivity contribution in [1.82, 2.24) is 4.90 Å². The lowest BCUT2D eigenvalue weighted by Gasteiger charge is -2.36. The van der Waals surface area contributed by atoms with Gasteiger partial charge in [-0.15, -0.1) is 0 Å². The molecule has 1 fully saturated rings. The van der Waals surface area contributed by atoms with Crippen molar-refractivity contribution in [3.63, 3.8) is 0 Å². The van der Waals surface area contributed by atoms with Gasteiger partial charge in [-0.1, -0.05) is 20.4 Å². The molecular weight excluding hydrogens is 174 g/mol. The molecule has 0 bridgehead atoms. The number of nitrogens with zero attached hydrogens (tertiary/aromatic N) is 1. The second-order valence-electron chi connectivity index (χ2n) is 4.51. The predicted molar refractivity (Wildman–Crippen MR) is 59.0 cm³/mol. The molecule has 0 N–H and O–H groups in total. The zero-order valence-corrected chi connectivity index (χ0v) is 9.33. The van der Waals surface area contributed by atoms with Gasteiger partial charge in [-0.05, 0) is 37.7 Å². The Labute approximate surface area is 87.0 Å². The molecule has 1 heterocycles. The topological polar surface area (TPSA) is 20.3 Å². The van der Waals surface area contributed by atoms with Gasteiger partial charge in [0.05, 0.1) is 0 Å². The van der Waals surface area contributed by atoms with E-state index in [9.17, 15) is 4.79 Å². The first-order valence-corrected chi connectivity index (χ1v) is 5.58. The lowest BCUT2D eigenvalue weighted by molar-refractivity contribution is -0.129. The number of piperidine rings is 1. The molecule has 0 aromatic rings. The Balaban J connectivity index is 2.58. The summed E-state index contributed by atoms with van der Waals surface area (Å²) in [6.07, 6.45) is 6.14. The summed E-state index contributed by atoms with van der Waals surface area (Å²) in [4.78, 5) is 13.6. The number of carbonyl (C=O) groups excluding carboxylic acids is 1. The normalized spacial score (nSPS) is 22.5. The molecule has 0 saturated carbocycles. The summed E-state index contributed by atoms with van der Waals surface area (Å²) in [5.41, 5.74) is 0. The smallest absolute Gasteiger partial charge is 0.246 e. The predicted octanol–water partition coefficient (Wildman–Crippen LogP) is 2.60. The Morgan fingerprint density at radius 3 is 2.86 bits per heavy atom. The van der Waals surface area contributed by atoms with Gasteiger partial charge in [0.25, 0.3) is 0 Å². The lowest BCUT2D eigenvalue weighted by Crippen LogP contribution is -2.43. The van der Waals surface area contributed by atoms with Crippen LogP contribution < -0.4 is 0 Å². The Morgan fingerprint density at radius 1 is 1.57 bits per heavy atom. The Bertz CT molecular complexity index is 210. The van der Waals surface area contributed by atoms with Gasteiger partial charge in [0, 0.05) is 12.6 Å². The average molecular weight is 195 g/mol. The molecule has 1 aliphatic heterocycles. The zero-order valence-electron chi connectivity index (χ0n) is 9.33. The van der Waals surface area contributed by atoms with E-state index in [-0.39, 0.29) is 5.91 Å². The van der Waals surface area contributed by atoms with Crippen molar-refractivity contribution in [3.05, 3.63) is 12.7 Å². The van der Waals surface area contributed by atoms with E-state index in [1.807, 2.05) is 4.90 Å². The Morgan fingerprint density at radius 2 is 2.29 bits per heavy atom. The highest BCUT2D eigenvalue weighted by Gasteiger charge is 2.25. The maximum atomic E-state index is 11.6. The van der Waals surface area contributed by atoms with Crippen LogP contribution in [0.2, 0.25) is 0 Å². The summed E-state index contributed by atoms with van der Waals surface area (Å²) in [7, 11) is 0. The number of likely N-dealkylation sites (tertiary alicyclic amines) is 1. The minimum absolute atomic E-state index is 0.107. The van der Waals surface area contributed by atoms with E-state index in [0.717, 1.165) is 25.8 Å². The molecule has 2 nitrogen and oxygen atoms in total. The van der Waals surface area contributed by atoms with Gasteiger partial charge in [0.1, 0.15) is 0 Å². The van der Waals surface area contributed by atoms with E-state index in [1.54, 1.807) is 0 Å². The van der Waals surface area contributed by atoms with Gasteiger partial charge in [-0.3, -0.25) is 4.79 Å². The number of carbonyl (C=O) groups is 1. The molecule has 1 atom stereocenters. The van der Waals surface area contributed by atoms with Crippen LogP contribution in [0, 0.1) is 5.92 Å². The second kappa shape index (κ2) is 5.18. The molecular formula is C12H21NO. The highest BCUT2D eigenvalue weighted by Crippen LogP contribution is 2.22. The van der Waals surface area contributed by atoms with E-state index >= 15 is 0 Å². The number of hydrogen-bond acceptors (Lipinski definition) is 1. The largest absolute Gasteiger partial charge is 0.336 e. The fourth-order valence-electron chi connectivity index (χ4n) is 2.20. The molecule has 1 aliphatic rings. The molecule has 0 radical (unpaired) electrons. The van der Waals surface area contributed by atoms with Crippen molar-refractivity contribution in [2.24, 2.45) is 5.92 Å². The van der Waals surface area contributed by atoms with Crippen molar-refractivity contribution in [2.45, 2.75) is 45.6 Å². The fourth-order valence-corrected chi connectivity index (χ4v) is 2.20. The Hall–Kier alpha value is -0.790. The van der Waals surface area contributed by atoms with Gasteiger partial charge in [0.2, 0.25) is 5.91 Å². The van der Waals surface area contributed by atoms with Crippen LogP contribution in [-0.4, -0.2) is 23.4 Å². The molecule has 0 aromatic heterocycles. The molecule has 0 aliphatic carbocycles. The molecule has 0 unspecified atom stereocenters. The third kappa shape index (κ3) is 2.86. The number of hydrogen-bond donors (Lipinski definition) is 0. The van der Waals surface area contributed by atoms with Crippen LogP contribution in [0.1, 0.15) is 39.5 Å². The number of rotatable bonds is 3. The molecule has 1 saturated heterocycles. The maximum Gasteiger partial charge on any atom is 0.246 e. The molecule has 0 aromatic carbocycles. The third-order valence-corrected chi connectivity index (χ3v) is 2.83. The summed E-state index contributed by atoms with van der Waals surface area (Å²) in [6, 6.07) is 0.453. The van der Waals surface area contributed by atoms with Crippen molar-refractivity contribution in [3.8, 4) is 0 Å². The van der Waals surface area contributed by atoms with Crippen molar-refractivity contribution < 1.29 is 4.79 Å². The van der Waals surface area contributed by atoms with Crippen LogP contribution >= 0.6 is 0 Å². The average Bonchev–Trinajstić information content (AvgIpc) is 2.16. The van der Waals surface area contributed by atoms with Crippen molar-refractivity contribution >= 4 is 5.91 Å². The number of amides is 1. The first-order chi connectivity index (χ1) is 6.65. The van der Waals surface area contributed by atoms with Crippen LogP contribution in [0.5, 0.6) is 0 Å². The van der Waals surface area contributed by atoms with Gasteiger partial charge in [-0.2, -0.15) is 0 Å². The maximum absolute atomic E-state index is 11.6. The molecule has 14 heavy (non-hydrogen) atoms. The highest BCUT2D eigenvalue weighted by molar-refractivity contribution is 5.87. The van der Waals surface area contributed by atoms with Crippen LogP contribution in [0.3, 0.4) is 0 Å². The summed E-state index contributed by atoms with van der Waals surface area (Å²) in [5, 5.41) is 0. The quantitative estimate of drug-likeness (QED) is 0.634. The summed E-state index contributed by atoms with van der Waals surface area (Å²) in [5.74, 6) is 0.772. The third-order valence-electron chi connectivity index (χ3n) is 2.83. The van der Waals surface area contributed by atoms with Crippen molar-refractivity contribution in [1.29, 1.82) is 0 Å². The van der Waals surface area contributed by atoms with Crippen molar-refractivity contribution in [2.75, 3.05) is 6.54 Å². The molecule has 2 heteroatoms. The minimum atomic E-state index is 0.107. The van der Waals surface area contributed by atoms with E-state index in [2.05, 4.69) is 20.4 Å². The summed E-state index contributed by atoms with van der Waals surface area (Å²) < 4.78 is 0. The van der Waals surface area contributed by atoms with Crippen LogP contribution in [-0.2, 0) is 4.79 Å². The molecule has 80 valence electrons. The lowest BCUT2D eigenvalue weighted by atomic mass is 9.94. The Kier molecular flexibility index (Phi) is 4.18. The van der Waals surface area contributed by atoms with E-state index in [4.69, 9.17) is 0 Å². The fraction of sp³-hybridized carbons (Fsp3) is 0.750. The first-order valence-electron chi connectivity index (χ1n) is 5.58. The van der Waals surface area contributed by atoms with Crippen LogP contribution in [0.15, 0.2) is 12.7 Å². The SMILES string of the molecule is C=CC(=O)N1CCCC[C@H]1CC(C)C. The molecule has 1 rings (SSSR count). The van der Waals surface area contributed by atoms with Gasteiger partial charge in [-0.25, -0.2) is 0 Å². The molecule has 1 amide bonds. The van der Waals surface area contributed by atoms with Crippen LogP contribution in [0.25, 0.3) is 0 Å². The van der Waals surface area contributed by atoms with E-state index in [1.165, 1.54) is 12.5 Å². The van der Waals surface area contributed by atoms with Gasteiger partial charge in [0.15, 0.2) is 0 Å². The van der Waals surface area contributed by atoms with E-state index < -0.39 is 0 Å². The molecule has 0 spiro atoms. The van der Waals surface area contributed by atoms with E-state index in [0.29, 0.717) is 12.0 Å². The standard InChI is InChI=1S/C12H21NO/c1-4-12(14)13-8-6-5-7-11(13)9-10(2)3/h4,10-11H,1,5-9H2,2-3H3/t11-/m0/s1. The minimum Gasteiger partial charge on any atom is -0.336 e. The zero-order chi connectivity index (χ0) is 10.6. The van der Waals surface area contributed by atoms with Crippen LogP contribution in [0.4, 0.5) is 0 Å². The second-order valence-corrected chi connectivity index (χ2v) is 4.51. The summed E-state index contributed by atoms with van der Waals surface area (Å²) >= 11 is 0. The first kappa shape index (κ1) is 11.3. The highest BCUT2D eigenvalue weighted by atomic mass is 16.2. The van der Waals surface area contributed by atoms with Gasteiger partial charge < -0.3 is 4.90 Å².